The highest BCUT2D eigenvalue weighted by Gasteiger charge is 1.86. The van der Waals surface area contributed by atoms with Gasteiger partial charge < -0.3 is 5.11 Å². The van der Waals surface area contributed by atoms with Crippen molar-refractivity contribution >= 4 is 0 Å². The Morgan fingerprint density at radius 1 is 1.11 bits per heavy atom. The lowest BCUT2D eigenvalue weighted by Gasteiger charge is -2.06. The molecule has 9 heavy (non-hydrogen) atoms. The van der Waals surface area contributed by atoms with E-state index in [2.05, 4.69) is 0 Å². The molecular weight excluding hydrogens is 112 g/mol. The maximum atomic E-state index is 10.6. The third kappa shape index (κ3) is 1.22. The van der Waals surface area contributed by atoms with Gasteiger partial charge in [0, 0.05) is 0 Å². The summed E-state index contributed by atoms with van der Waals surface area (Å²) < 4.78 is 0. The second kappa shape index (κ2) is 2.09. The molecule has 0 aliphatic rings. The Labute approximate surface area is 55.0 Å². The average molecular weight is 121 g/mol. The minimum atomic E-state index is 0.0955. The summed E-state index contributed by atoms with van der Waals surface area (Å²) in [5.41, 5.74) is 2.25. The Morgan fingerprint density at radius 3 is 2.22 bits per heavy atom. The van der Waals surface area contributed by atoms with Crippen LogP contribution in [0.3, 0.4) is 0 Å². The van der Waals surface area contributed by atoms with Gasteiger partial charge >= 0.3 is 0 Å². The predicted octanol–water partition coefficient (Wildman–Crippen LogP) is 1.38. The highest BCUT2D eigenvalue weighted by Crippen LogP contribution is 2.11. The van der Waals surface area contributed by atoms with E-state index >= 15 is 0 Å². The molecule has 0 radical (unpaired) electrons. The normalized spacial score (nSPS) is 9.56. The molecule has 0 spiro atoms. The zero-order chi connectivity index (χ0) is 6.85. The summed E-state index contributed by atoms with van der Waals surface area (Å²) in [7, 11) is 0. The van der Waals surface area contributed by atoms with E-state index in [4.69, 9.17) is 0 Å². The number of aryl methyl sites for hydroxylation is 2. The minimum Gasteiger partial charge on any atom is -0.872 e. The summed E-state index contributed by atoms with van der Waals surface area (Å²) >= 11 is 0. The standard InChI is InChI=1S/C8H10O/c1-6-3-4-8(9)5-7(6)2/h3-5,9H,1-2H3/p-1. The number of hydrogen-bond acceptors (Lipinski definition) is 1. The fourth-order valence-corrected chi connectivity index (χ4v) is 0.714. The van der Waals surface area contributed by atoms with Gasteiger partial charge in [0.15, 0.2) is 0 Å². The summed E-state index contributed by atoms with van der Waals surface area (Å²) in [6.07, 6.45) is 0. The lowest BCUT2D eigenvalue weighted by molar-refractivity contribution is -0.268. The maximum Gasteiger partial charge on any atom is -0.0395 e. The van der Waals surface area contributed by atoms with Crippen molar-refractivity contribution in [3.63, 3.8) is 0 Å². The minimum absolute atomic E-state index is 0.0955. The van der Waals surface area contributed by atoms with Crippen LogP contribution < -0.4 is 5.11 Å². The third-order valence-corrected chi connectivity index (χ3v) is 1.48. The largest absolute Gasteiger partial charge is 0.872 e. The summed E-state index contributed by atoms with van der Waals surface area (Å²) in [6.45, 7) is 3.94. The van der Waals surface area contributed by atoms with Gasteiger partial charge in [0.05, 0.1) is 0 Å². The molecule has 0 fully saturated rings. The van der Waals surface area contributed by atoms with Crippen LogP contribution in [0.1, 0.15) is 11.1 Å². The van der Waals surface area contributed by atoms with Gasteiger partial charge in [0.1, 0.15) is 0 Å². The van der Waals surface area contributed by atoms with Gasteiger partial charge in [-0.15, -0.1) is 5.75 Å². The van der Waals surface area contributed by atoms with Crippen molar-refractivity contribution in [3.05, 3.63) is 29.3 Å². The molecular formula is C8H9O-. The molecule has 0 atom stereocenters. The third-order valence-electron chi connectivity index (χ3n) is 1.48. The van der Waals surface area contributed by atoms with Crippen molar-refractivity contribution in [2.75, 3.05) is 0 Å². The molecule has 1 aromatic carbocycles. The van der Waals surface area contributed by atoms with E-state index in [-0.39, 0.29) is 5.75 Å². The van der Waals surface area contributed by atoms with Gasteiger partial charge in [-0.2, -0.15) is 0 Å². The van der Waals surface area contributed by atoms with Gasteiger partial charge in [0.25, 0.3) is 0 Å². The van der Waals surface area contributed by atoms with Crippen molar-refractivity contribution in [1.82, 2.24) is 0 Å². The Kier molecular flexibility index (Phi) is 1.43. The molecule has 0 saturated carbocycles. The average Bonchev–Trinajstić information content (AvgIpc) is 1.80. The van der Waals surface area contributed by atoms with Crippen LogP contribution in [0.5, 0.6) is 5.75 Å². The first-order valence-corrected chi connectivity index (χ1v) is 2.94. The maximum absolute atomic E-state index is 10.6. The van der Waals surface area contributed by atoms with Gasteiger partial charge in [-0.05, 0) is 25.0 Å². The van der Waals surface area contributed by atoms with Crippen LogP contribution in [0, 0.1) is 13.8 Å². The summed E-state index contributed by atoms with van der Waals surface area (Å²) in [6, 6.07) is 5.08. The highest BCUT2D eigenvalue weighted by molar-refractivity contribution is 5.31. The lowest BCUT2D eigenvalue weighted by Crippen LogP contribution is -1.90. The molecule has 1 aromatic rings. The molecule has 0 amide bonds. The molecule has 1 nitrogen and oxygen atoms in total. The Hall–Kier alpha value is -0.980. The summed E-state index contributed by atoms with van der Waals surface area (Å²) in [5.74, 6) is 0.0955. The monoisotopic (exact) mass is 121 g/mol. The van der Waals surface area contributed by atoms with E-state index in [1.807, 2.05) is 19.9 Å². The Morgan fingerprint density at radius 2 is 1.78 bits per heavy atom. The van der Waals surface area contributed by atoms with Gasteiger partial charge in [-0.3, -0.25) is 0 Å². The van der Waals surface area contributed by atoms with Crippen molar-refractivity contribution in [3.8, 4) is 5.75 Å². The van der Waals surface area contributed by atoms with E-state index in [0.29, 0.717) is 0 Å². The fourth-order valence-electron chi connectivity index (χ4n) is 0.714. The van der Waals surface area contributed by atoms with Crippen LogP contribution in [0.4, 0.5) is 0 Å². The molecule has 1 rings (SSSR count). The number of hydrogen-bond donors (Lipinski definition) is 0. The van der Waals surface area contributed by atoms with Crippen LogP contribution in [0.15, 0.2) is 18.2 Å². The predicted molar refractivity (Wildman–Crippen MR) is 35.4 cm³/mol. The van der Waals surface area contributed by atoms with Crippen molar-refractivity contribution < 1.29 is 5.11 Å². The molecule has 0 saturated heterocycles. The molecule has 0 unspecified atom stereocenters. The van der Waals surface area contributed by atoms with Gasteiger partial charge in [-0.25, -0.2) is 0 Å². The quantitative estimate of drug-likeness (QED) is 0.508. The van der Waals surface area contributed by atoms with Crippen molar-refractivity contribution in [2.45, 2.75) is 13.8 Å². The van der Waals surface area contributed by atoms with E-state index < -0.39 is 0 Å². The zero-order valence-corrected chi connectivity index (χ0v) is 5.64. The highest BCUT2D eigenvalue weighted by atomic mass is 16.3. The van der Waals surface area contributed by atoms with E-state index in [0.717, 1.165) is 5.56 Å². The second-order valence-electron chi connectivity index (χ2n) is 2.25. The molecule has 0 aliphatic carbocycles. The molecule has 1 heteroatoms. The van der Waals surface area contributed by atoms with E-state index in [1.165, 1.54) is 5.56 Å². The van der Waals surface area contributed by atoms with Crippen molar-refractivity contribution in [2.24, 2.45) is 0 Å². The van der Waals surface area contributed by atoms with E-state index in [9.17, 15) is 5.11 Å². The first kappa shape index (κ1) is 6.14. The first-order chi connectivity index (χ1) is 4.20. The summed E-state index contributed by atoms with van der Waals surface area (Å²) in [5, 5.41) is 10.6. The zero-order valence-electron chi connectivity index (χ0n) is 5.64. The smallest absolute Gasteiger partial charge is 0.0395 e. The van der Waals surface area contributed by atoms with Gasteiger partial charge in [0.2, 0.25) is 0 Å². The number of benzene rings is 1. The summed E-state index contributed by atoms with van der Waals surface area (Å²) in [4.78, 5) is 0. The second-order valence-corrected chi connectivity index (χ2v) is 2.25. The topological polar surface area (TPSA) is 23.1 Å². The van der Waals surface area contributed by atoms with Crippen LogP contribution >= 0.6 is 0 Å². The molecule has 48 valence electrons. The van der Waals surface area contributed by atoms with Crippen LogP contribution in [0.2, 0.25) is 0 Å². The van der Waals surface area contributed by atoms with Crippen LogP contribution in [-0.4, -0.2) is 0 Å². The molecule has 0 heterocycles. The Bertz CT molecular complexity index is 216. The molecule has 0 aliphatic heterocycles. The number of rotatable bonds is 0. The van der Waals surface area contributed by atoms with Crippen LogP contribution in [-0.2, 0) is 0 Å². The molecule has 0 aromatic heterocycles. The SMILES string of the molecule is Cc1ccc([O-])cc1C. The first-order valence-electron chi connectivity index (χ1n) is 2.94. The lowest BCUT2D eigenvalue weighted by atomic mass is 10.1. The van der Waals surface area contributed by atoms with Crippen LogP contribution in [0.25, 0.3) is 0 Å². The van der Waals surface area contributed by atoms with Crippen molar-refractivity contribution in [1.29, 1.82) is 0 Å². The van der Waals surface area contributed by atoms with Gasteiger partial charge in [-0.1, -0.05) is 18.2 Å². The fraction of sp³-hybridized carbons (Fsp3) is 0.250. The molecule has 0 bridgehead atoms. The Balaban J connectivity index is 3.17. The van der Waals surface area contributed by atoms with E-state index in [1.54, 1.807) is 12.1 Å². The molecule has 0 N–H and O–H groups in total.